The Morgan fingerprint density at radius 2 is 1.66 bits per heavy atom. The predicted molar refractivity (Wildman–Crippen MR) is 95.6 cm³/mol. The van der Waals surface area contributed by atoms with Gasteiger partial charge in [0.1, 0.15) is 11.5 Å². The van der Waals surface area contributed by atoms with E-state index in [0.717, 1.165) is 26.4 Å². The molecule has 12 heteroatoms. The molecule has 1 unspecified atom stereocenters. The molecule has 0 fully saturated rings. The van der Waals surface area contributed by atoms with E-state index in [-0.39, 0.29) is 5.88 Å². The van der Waals surface area contributed by atoms with Crippen molar-refractivity contribution >= 4 is 13.7 Å². The number of pyridine rings is 1. The number of carbonyl (C=O) groups is 1. The number of ether oxygens (including phenoxy) is 2. The van der Waals surface area contributed by atoms with Gasteiger partial charge in [0.2, 0.25) is 5.88 Å². The van der Waals surface area contributed by atoms with Crippen molar-refractivity contribution in [1.82, 2.24) is 10.1 Å². The molecule has 0 saturated carbocycles. The van der Waals surface area contributed by atoms with Crippen LogP contribution in [0.1, 0.15) is 12.5 Å². The van der Waals surface area contributed by atoms with Crippen LogP contribution in [0.4, 0.5) is 13.2 Å². The zero-order valence-corrected chi connectivity index (χ0v) is 16.5. The summed E-state index contributed by atoms with van der Waals surface area (Å²) in [6.07, 6.45) is -4.82. The van der Waals surface area contributed by atoms with Crippen molar-refractivity contribution in [2.75, 3.05) is 14.2 Å². The lowest BCUT2D eigenvalue weighted by Gasteiger charge is -2.18. The van der Waals surface area contributed by atoms with Crippen molar-refractivity contribution in [3.05, 3.63) is 48.2 Å². The number of aromatic nitrogens is 1. The second kappa shape index (κ2) is 9.25. The normalized spacial score (nSPS) is 12.9. The molecule has 0 aliphatic heterocycles. The monoisotopic (exact) mass is 434 g/mol. The lowest BCUT2D eigenvalue weighted by atomic mass is 10.3. The molecule has 0 aliphatic carbocycles. The standard InChI is InChI=1S/C17H18F3N2O6P/c1-11(16(23)22-29(24,25-2)26-3)27-13-5-7-14(8-6-13)28-15-9-4-12(10-21-15)17(18,19)20/h4-11H,1-3H3,(H,22,23,24). The Labute approximate surface area is 164 Å². The van der Waals surface area contributed by atoms with Gasteiger partial charge in [0.05, 0.1) is 5.56 Å². The van der Waals surface area contributed by atoms with Gasteiger partial charge in [-0.2, -0.15) is 13.2 Å². The number of rotatable bonds is 8. The molecule has 1 aromatic carbocycles. The first-order chi connectivity index (χ1) is 13.6. The van der Waals surface area contributed by atoms with Crippen molar-refractivity contribution in [3.8, 4) is 17.4 Å². The minimum Gasteiger partial charge on any atom is -0.481 e. The van der Waals surface area contributed by atoms with E-state index in [9.17, 15) is 22.5 Å². The maximum Gasteiger partial charge on any atom is 0.434 e. The van der Waals surface area contributed by atoms with Gasteiger partial charge in [-0.25, -0.2) is 9.55 Å². The van der Waals surface area contributed by atoms with Crippen LogP contribution in [0.25, 0.3) is 0 Å². The third-order valence-electron chi connectivity index (χ3n) is 3.52. The van der Waals surface area contributed by atoms with E-state index in [1.54, 1.807) is 0 Å². The molecule has 1 aromatic heterocycles. The Hall–Kier alpha value is -2.62. The van der Waals surface area contributed by atoms with Crippen LogP contribution >= 0.6 is 7.75 Å². The third kappa shape index (κ3) is 6.45. The fourth-order valence-electron chi connectivity index (χ4n) is 1.96. The second-order valence-electron chi connectivity index (χ2n) is 5.56. The number of alkyl halides is 3. The molecule has 0 saturated heterocycles. The summed E-state index contributed by atoms with van der Waals surface area (Å²) in [4.78, 5) is 15.6. The zero-order chi connectivity index (χ0) is 21.7. The first kappa shape index (κ1) is 22.7. The van der Waals surface area contributed by atoms with E-state index in [2.05, 4.69) is 19.1 Å². The van der Waals surface area contributed by atoms with Gasteiger partial charge >= 0.3 is 13.9 Å². The molecule has 1 amide bonds. The average molecular weight is 434 g/mol. The van der Waals surface area contributed by atoms with Crippen LogP contribution < -0.4 is 14.6 Å². The van der Waals surface area contributed by atoms with Gasteiger partial charge in [0, 0.05) is 26.5 Å². The minimum absolute atomic E-state index is 0.0192. The Morgan fingerprint density at radius 1 is 1.07 bits per heavy atom. The number of halogens is 3. The Kier molecular flexibility index (Phi) is 7.23. The number of hydrogen-bond donors (Lipinski definition) is 1. The van der Waals surface area contributed by atoms with Crippen LogP contribution in [0.15, 0.2) is 42.6 Å². The third-order valence-corrected chi connectivity index (χ3v) is 4.98. The maximum absolute atomic E-state index is 12.5. The van der Waals surface area contributed by atoms with E-state index in [0.29, 0.717) is 17.7 Å². The molecule has 0 radical (unpaired) electrons. The molecule has 29 heavy (non-hydrogen) atoms. The van der Waals surface area contributed by atoms with Crippen LogP contribution in [0.2, 0.25) is 0 Å². The van der Waals surface area contributed by atoms with Crippen molar-refractivity contribution in [2.24, 2.45) is 0 Å². The van der Waals surface area contributed by atoms with Gasteiger partial charge in [-0.05, 0) is 37.3 Å². The fraction of sp³-hybridized carbons (Fsp3) is 0.294. The molecule has 0 spiro atoms. The summed E-state index contributed by atoms with van der Waals surface area (Å²) < 4.78 is 69.5. The first-order valence-corrected chi connectivity index (χ1v) is 9.62. The molecule has 0 bridgehead atoms. The maximum atomic E-state index is 12.5. The van der Waals surface area contributed by atoms with Crippen LogP contribution in [-0.2, 0) is 24.6 Å². The number of benzene rings is 1. The number of nitrogens with zero attached hydrogens (tertiary/aromatic N) is 1. The van der Waals surface area contributed by atoms with Crippen molar-refractivity contribution in [2.45, 2.75) is 19.2 Å². The smallest absolute Gasteiger partial charge is 0.434 e. The topological polar surface area (TPSA) is 96.0 Å². The van der Waals surface area contributed by atoms with E-state index in [1.807, 2.05) is 0 Å². The van der Waals surface area contributed by atoms with Crippen molar-refractivity contribution in [1.29, 1.82) is 0 Å². The largest absolute Gasteiger partial charge is 0.481 e. The summed E-state index contributed by atoms with van der Waals surface area (Å²) in [5.74, 6) is -0.143. The highest BCUT2D eigenvalue weighted by atomic mass is 31.2. The lowest BCUT2D eigenvalue weighted by Crippen LogP contribution is -2.35. The number of hydrogen-bond acceptors (Lipinski definition) is 7. The van der Waals surface area contributed by atoms with E-state index < -0.39 is 31.5 Å². The summed E-state index contributed by atoms with van der Waals surface area (Å²) >= 11 is 0. The highest BCUT2D eigenvalue weighted by Crippen LogP contribution is 2.41. The average Bonchev–Trinajstić information content (AvgIpc) is 2.69. The molecule has 158 valence electrons. The molecular weight excluding hydrogens is 416 g/mol. The van der Waals surface area contributed by atoms with Crippen LogP contribution in [0.5, 0.6) is 17.4 Å². The molecule has 1 atom stereocenters. The molecule has 2 rings (SSSR count). The van der Waals surface area contributed by atoms with Gasteiger partial charge in [-0.15, -0.1) is 0 Å². The SMILES string of the molecule is COP(=O)(NC(=O)C(C)Oc1ccc(Oc2ccc(C(F)(F)F)cn2)cc1)OC. The lowest BCUT2D eigenvalue weighted by molar-refractivity contribution is -0.137. The molecule has 8 nitrogen and oxygen atoms in total. The van der Waals surface area contributed by atoms with E-state index in [4.69, 9.17) is 9.47 Å². The fourth-order valence-corrected chi connectivity index (χ4v) is 2.75. The van der Waals surface area contributed by atoms with Crippen LogP contribution in [0.3, 0.4) is 0 Å². The number of carbonyl (C=O) groups excluding carboxylic acids is 1. The minimum atomic E-state index is -4.48. The molecule has 0 aliphatic rings. The van der Waals surface area contributed by atoms with E-state index in [1.165, 1.54) is 31.2 Å². The molecule has 1 heterocycles. The quantitative estimate of drug-likeness (QED) is 0.623. The van der Waals surface area contributed by atoms with Crippen LogP contribution in [0, 0.1) is 0 Å². The summed E-state index contributed by atoms with van der Waals surface area (Å²) in [6.45, 7) is 1.43. The van der Waals surface area contributed by atoms with Gasteiger partial charge in [-0.1, -0.05) is 0 Å². The Morgan fingerprint density at radius 3 is 2.14 bits per heavy atom. The van der Waals surface area contributed by atoms with Gasteiger partial charge < -0.3 is 9.47 Å². The van der Waals surface area contributed by atoms with Crippen LogP contribution in [-0.4, -0.2) is 31.2 Å². The summed E-state index contributed by atoms with van der Waals surface area (Å²) in [6, 6.07) is 7.89. The Bertz CT molecular complexity index is 866. The van der Waals surface area contributed by atoms with Crippen molar-refractivity contribution < 1.29 is 41.1 Å². The summed E-state index contributed by atoms with van der Waals surface area (Å²) in [7, 11) is -1.48. The first-order valence-electron chi connectivity index (χ1n) is 8.08. The predicted octanol–water partition coefficient (Wildman–Crippen LogP) is 4.18. The molecular formula is C17H18F3N2O6P. The summed E-state index contributed by atoms with van der Waals surface area (Å²) in [5, 5.41) is 2.11. The highest BCUT2D eigenvalue weighted by molar-refractivity contribution is 7.52. The highest BCUT2D eigenvalue weighted by Gasteiger charge is 2.31. The molecule has 2 aromatic rings. The van der Waals surface area contributed by atoms with Crippen molar-refractivity contribution in [3.63, 3.8) is 0 Å². The van der Waals surface area contributed by atoms with Gasteiger partial charge in [0.15, 0.2) is 6.10 Å². The van der Waals surface area contributed by atoms with Gasteiger partial charge in [0.25, 0.3) is 5.91 Å². The molecule has 1 N–H and O–H groups in total. The summed E-state index contributed by atoms with van der Waals surface area (Å²) in [5.41, 5.74) is -0.882. The zero-order valence-electron chi connectivity index (χ0n) is 15.6. The number of nitrogens with one attached hydrogen (secondary N) is 1. The van der Waals surface area contributed by atoms with Gasteiger partial charge in [-0.3, -0.25) is 18.9 Å². The second-order valence-corrected chi connectivity index (χ2v) is 7.50. The Balaban J connectivity index is 1.96. The van der Waals surface area contributed by atoms with E-state index >= 15 is 0 Å². The number of amides is 1.